The van der Waals surface area contributed by atoms with E-state index in [-0.39, 0.29) is 18.6 Å². The van der Waals surface area contributed by atoms with Gasteiger partial charge in [0, 0.05) is 30.3 Å². The highest BCUT2D eigenvalue weighted by Gasteiger charge is 2.27. The highest BCUT2D eigenvalue weighted by molar-refractivity contribution is 5.94. The highest BCUT2D eigenvalue weighted by atomic mass is 16.5. The van der Waals surface area contributed by atoms with E-state index in [0.717, 1.165) is 31.4 Å². The first-order valence-corrected chi connectivity index (χ1v) is 8.01. The van der Waals surface area contributed by atoms with Gasteiger partial charge < -0.3 is 14.5 Å². The zero-order chi connectivity index (χ0) is 16.2. The summed E-state index contributed by atoms with van der Waals surface area (Å²) in [4.78, 5) is 18.8. The quantitative estimate of drug-likeness (QED) is 0.937. The number of aryl methyl sites for hydroxylation is 1. The fraction of sp³-hybridized carbons (Fsp3) is 0.471. The van der Waals surface area contributed by atoms with Gasteiger partial charge in [0.05, 0.1) is 0 Å². The van der Waals surface area contributed by atoms with E-state index < -0.39 is 0 Å². The molecule has 122 valence electrons. The molecule has 3 rings (SSSR count). The fourth-order valence-electron chi connectivity index (χ4n) is 3.05. The number of benzene rings is 1. The van der Waals surface area contributed by atoms with Gasteiger partial charge in [-0.05, 0) is 56.9 Å². The number of hydrogen-bond donors (Lipinski definition) is 1. The lowest BCUT2D eigenvalue weighted by Gasteiger charge is -2.35. The standard InChI is InChI=1S/C17H21N3O3/c1-12-18-16(23-19-12)13-5-7-14(8-6-13)17(22)20-10-3-2-4-15(20)9-11-21/h5-8,15,21H,2-4,9-11H2,1H3. The van der Waals surface area contributed by atoms with Crippen molar-refractivity contribution in [2.24, 2.45) is 0 Å². The highest BCUT2D eigenvalue weighted by Crippen LogP contribution is 2.23. The van der Waals surface area contributed by atoms with Crippen molar-refractivity contribution in [1.82, 2.24) is 15.0 Å². The van der Waals surface area contributed by atoms with Crippen LogP contribution in [0.2, 0.25) is 0 Å². The van der Waals surface area contributed by atoms with Crippen molar-refractivity contribution in [3.63, 3.8) is 0 Å². The second kappa shape index (κ2) is 6.91. The van der Waals surface area contributed by atoms with Gasteiger partial charge in [0.2, 0.25) is 0 Å². The molecule has 1 aliphatic heterocycles. The summed E-state index contributed by atoms with van der Waals surface area (Å²) in [6, 6.07) is 7.37. The van der Waals surface area contributed by atoms with Crippen LogP contribution < -0.4 is 0 Å². The molecule has 1 saturated heterocycles. The summed E-state index contributed by atoms with van der Waals surface area (Å²) < 4.78 is 5.13. The van der Waals surface area contributed by atoms with E-state index >= 15 is 0 Å². The van der Waals surface area contributed by atoms with Gasteiger partial charge in [-0.3, -0.25) is 4.79 Å². The van der Waals surface area contributed by atoms with Gasteiger partial charge in [-0.25, -0.2) is 0 Å². The molecule has 1 aliphatic rings. The molecule has 2 heterocycles. The van der Waals surface area contributed by atoms with Crippen molar-refractivity contribution in [1.29, 1.82) is 0 Å². The SMILES string of the molecule is Cc1noc(-c2ccc(C(=O)N3CCCCC3CCO)cc2)n1. The largest absolute Gasteiger partial charge is 0.396 e. The van der Waals surface area contributed by atoms with Gasteiger partial charge in [-0.15, -0.1) is 0 Å². The molecule has 1 unspecified atom stereocenters. The monoisotopic (exact) mass is 315 g/mol. The van der Waals surface area contributed by atoms with E-state index in [0.29, 0.717) is 23.7 Å². The minimum Gasteiger partial charge on any atom is -0.396 e. The van der Waals surface area contributed by atoms with Crippen LogP contribution in [0.25, 0.3) is 11.5 Å². The number of aliphatic hydroxyl groups is 1. The summed E-state index contributed by atoms with van der Waals surface area (Å²) in [6.45, 7) is 2.64. The van der Waals surface area contributed by atoms with Crippen LogP contribution in [0.3, 0.4) is 0 Å². The molecule has 2 aromatic rings. The lowest BCUT2D eigenvalue weighted by atomic mass is 9.98. The first kappa shape index (κ1) is 15.7. The number of carbonyl (C=O) groups is 1. The van der Waals surface area contributed by atoms with Gasteiger partial charge in [0.15, 0.2) is 5.82 Å². The maximum absolute atomic E-state index is 12.7. The summed E-state index contributed by atoms with van der Waals surface area (Å²) >= 11 is 0. The maximum Gasteiger partial charge on any atom is 0.257 e. The fourth-order valence-corrected chi connectivity index (χ4v) is 3.05. The molecule has 6 nitrogen and oxygen atoms in total. The third-order valence-electron chi connectivity index (χ3n) is 4.26. The van der Waals surface area contributed by atoms with Crippen molar-refractivity contribution in [3.05, 3.63) is 35.7 Å². The molecule has 0 aliphatic carbocycles. The molecule has 0 saturated carbocycles. The average molecular weight is 315 g/mol. The predicted molar refractivity (Wildman–Crippen MR) is 84.8 cm³/mol. The summed E-state index contributed by atoms with van der Waals surface area (Å²) in [5.41, 5.74) is 1.45. The average Bonchev–Trinajstić information content (AvgIpc) is 3.02. The Morgan fingerprint density at radius 1 is 1.35 bits per heavy atom. The van der Waals surface area contributed by atoms with Crippen LogP contribution in [-0.2, 0) is 0 Å². The van der Waals surface area contributed by atoms with Crippen LogP contribution in [0.15, 0.2) is 28.8 Å². The van der Waals surface area contributed by atoms with Crippen LogP contribution in [0, 0.1) is 6.92 Å². The van der Waals surface area contributed by atoms with Crippen LogP contribution >= 0.6 is 0 Å². The first-order chi connectivity index (χ1) is 11.2. The lowest BCUT2D eigenvalue weighted by molar-refractivity contribution is 0.0574. The third kappa shape index (κ3) is 3.42. The van der Waals surface area contributed by atoms with Crippen molar-refractivity contribution < 1.29 is 14.4 Å². The van der Waals surface area contributed by atoms with Gasteiger partial charge in [0.1, 0.15) is 0 Å². The van der Waals surface area contributed by atoms with Gasteiger partial charge in [-0.1, -0.05) is 5.16 Å². The number of nitrogens with zero attached hydrogens (tertiary/aromatic N) is 3. The Kier molecular flexibility index (Phi) is 4.71. The van der Waals surface area contributed by atoms with E-state index in [1.165, 1.54) is 0 Å². The Hall–Kier alpha value is -2.21. The number of rotatable bonds is 4. The van der Waals surface area contributed by atoms with Gasteiger partial charge >= 0.3 is 0 Å². The summed E-state index contributed by atoms with van der Waals surface area (Å²) in [6.07, 6.45) is 3.74. The number of aromatic nitrogens is 2. The Morgan fingerprint density at radius 2 is 2.13 bits per heavy atom. The van der Waals surface area contributed by atoms with Crippen molar-refractivity contribution in [2.75, 3.05) is 13.2 Å². The van der Waals surface area contributed by atoms with Crippen molar-refractivity contribution in [2.45, 2.75) is 38.6 Å². The summed E-state index contributed by atoms with van der Waals surface area (Å²) in [5.74, 6) is 1.06. The van der Waals surface area contributed by atoms with E-state index in [4.69, 9.17) is 4.52 Å². The Bertz CT molecular complexity index is 664. The number of likely N-dealkylation sites (tertiary alicyclic amines) is 1. The molecular weight excluding hydrogens is 294 g/mol. The minimum absolute atomic E-state index is 0.0245. The molecule has 1 aromatic heterocycles. The van der Waals surface area contributed by atoms with E-state index in [1.807, 2.05) is 17.0 Å². The molecule has 6 heteroatoms. The second-order valence-electron chi connectivity index (χ2n) is 5.88. The topological polar surface area (TPSA) is 79.5 Å². The Balaban J connectivity index is 1.76. The molecule has 0 radical (unpaired) electrons. The number of piperidine rings is 1. The smallest absolute Gasteiger partial charge is 0.257 e. The Morgan fingerprint density at radius 3 is 2.78 bits per heavy atom. The van der Waals surface area contributed by atoms with Crippen molar-refractivity contribution >= 4 is 5.91 Å². The maximum atomic E-state index is 12.7. The second-order valence-corrected chi connectivity index (χ2v) is 5.88. The van der Waals surface area contributed by atoms with E-state index in [9.17, 15) is 9.90 Å². The van der Waals surface area contributed by atoms with Crippen LogP contribution in [-0.4, -0.2) is 45.2 Å². The lowest BCUT2D eigenvalue weighted by Crippen LogP contribution is -2.44. The zero-order valence-electron chi connectivity index (χ0n) is 13.2. The van der Waals surface area contributed by atoms with E-state index in [1.54, 1.807) is 19.1 Å². The van der Waals surface area contributed by atoms with Gasteiger partial charge in [0.25, 0.3) is 11.8 Å². The first-order valence-electron chi connectivity index (χ1n) is 8.01. The molecule has 1 aromatic carbocycles. The number of carbonyl (C=O) groups excluding carboxylic acids is 1. The number of hydrogen-bond acceptors (Lipinski definition) is 5. The summed E-state index contributed by atoms with van der Waals surface area (Å²) in [5, 5.41) is 13.0. The van der Waals surface area contributed by atoms with Crippen LogP contribution in [0.1, 0.15) is 41.9 Å². The summed E-state index contributed by atoms with van der Waals surface area (Å²) in [7, 11) is 0. The van der Waals surface area contributed by atoms with Crippen molar-refractivity contribution in [3.8, 4) is 11.5 Å². The molecule has 0 spiro atoms. The molecule has 1 N–H and O–H groups in total. The van der Waals surface area contributed by atoms with Crippen LogP contribution in [0.4, 0.5) is 0 Å². The minimum atomic E-state index is 0.0245. The molecule has 1 amide bonds. The molecule has 1 atom stereocenters. The molecular formula is C17H21N3O3. The van der Waals surface area contributed by atoms with Crippen LogP contribution in [0.5, 0.6) is 0 Å². The molecule has 1 fully saturated rings. The normalized spacial score (nSPS) is 18.2. The number of aliphatic hydroxyl groups excluding tert-OH is 1. The Labute approximate surface area is 135 Å². The van der Waals surface area contributed by atoms with Gasteiger partial charge in [-0.2, -0.15) is 4.98 Å². The number of amides is 1. The predicted octanol–water partition coefficient (Wildman–Crippen LogP) is 2.42. The molecule has 0 bridgehead atoms. The zero-order valence-corrected chi connectivity index (χ0v) is 13.2. The molecule has 23 heavy (non-hydrogen) atoms. The third-order valence-corrected chi connectivity index (χ3v) is 4.26. The van der Waals surface area contributed by atoms with E-state index in [2.05, 4.69) is 10.1 Å².